The molecule has 0 aliphatic carbocycles. The van der Waals surface area contributed by atoms with Crippen molar-refractivity contribution >= 4 is 29.0 Å². The van der Waals surface area contributed by atoms with Gasteiger partial charge in [0.05, 0.1) is 24.1 Å². The van der Waals surface area contributed by atoms with Gasteiger partial charge < -0.3 is 15.4 Å². The number of anilines is 1. The number of esters is 1. The van der Waals surface area contributed by atoms with E-state index in [1.807, 2.05) is 36.4 Å². The van der Waals surface area contributed by atoms with Gasteiger partial charge in [0.15, 0.2) is 0 Å². The fraction of sp³-hybridized carbons (Fsp3) is 0.200. The first kappa shape index (κ1) is 21.4. The van der Waals surface area contributed by atoms with Crippen LogP contribution in [0, 0.1) is 0 Å². The number of carbonyl (C=O) groups excluding carboxylic acids is 2. The smallest absolute Gasteiger partial charge is 0.337 e. The van der Waals surface area contributed by atoms with E-state index in [0.717, 1.165) is 35.5 Å². The van der Waals surface area contributed by atoms with Gasteiger partial charge in [0.2, 0.25) is 5.91 Å². The summed E-state index contributed by atoms with van der Waals surface area (Å²) in [5, 5.41) is 6.18. The van der Waals surface area contributed by atoms with Crippen molar-refractivity contribution < 1.29 is 14.3 Å². The van der Waals surface area contributed by atoms with Gasteiger partial charge in [-0.05, 0) is 54.1 Å². The van der Waals surface area contributed by atoms with Crippen molar-refractivity contribution in [1.29, 1.82) is 0 Å². The van der Waals surface area contributed by atoms with E-state index in [-0.39, 0.29) is 5.91 Å². The van der Waals surface area contributed by atoms with E-state index in [0.29, 0.717) is 17.0 Å². The van der Waals surface area contributed by atoms with Crippen molar-refractivity contribution in [3.8, 4) is 0 Å². The number of hydrogen-bond acceptors (Lipinski definition) is 6. The van der Waals surface area contributed by atoms with Crippen LogP contribution >= 0.6 is 0 Å². The Hall–Kier alpha value is -3.84. The molecule has 0 spiro atoms. The highest BCUT2D eigenvalue weighted by Crippen LogP contribution is 2.37. The van der Waals surface area contributed by atoms with E-state index < -0.39 is 11.9 Å². The zero-order valence-corrected chi connectivity index (χ0v) is 18.0. The van der Waals surface area contributed by atoms with Crippen molar-refractivity contribution in [2.24, 2.45) is 4.99 Å². The van der Waals surface area contributed by atoms with Crippen LogP contribution in [0.3, 0.4) is 0 Å². The number of amides is 1. The highest BCUT2D eigenvalue weighted by molar-refractivity contribution is 6.24. The summed E-state index contributed by atoms with van der Waals surface area (Å²) < 4.78 is 4.79. The maximum Gasteiger partial charge on any atom is 0.337 e. The molecule has 3 aromatic rings. The number of benzene rings is 2. The first-order chi connectivity index (χ1) is 15.6. The summed E-state index contributed by atoms with van der Waals surface area (Å²) in [5.74, 6) is -1.26. The highest BCUT2D eigenvalue weighted by Gasteiger charge is 2.36. The van der Waals surface area contributed by atoms with Gasteiger partial charge in [0, 0.05) is 30.2 Å². The molecule has 162 valence electrons. The molecule has 0 bridgehead atoms. The van der Waals surface area contributed by atoms with Crippen LogP contribution in [-0.4, -0.2) is 36.2 Å². The number of aliphatic imine (C=N–C) groups is 1. The summed E-state index contributed by atoms with van der Waals surface area (Å²) in [6, 6.07) is 16.7. The Bertz CT molecular complexity index is 1160. The Morgan fingerprint density at radius 3 is 2.53 bits per heavy atom. The van der Waals surface area contributed by atoms with E-state index in [2.05, 4.69) is 22.5 Å². The average Bonchev–Trinajstić information content (AvgIpc) is 3.16. The number of nitrogens with one attached hydrogen (secondary N) is 2. The second kappa shape index (κ2) is 9.53. The lowest BCUT2D eigenvalue weighted by Gasteiger charge is -2.14. The fourth-order valence-electron chi connectivity index (χ4n) is 3.69. The number of aromatic nitrogens is 1. The number of fused-ring (bicyclic) bond motifs is 1. The summed E-state index contributed by atoms with van der Waals surface area (Å²) in [4.78, 5) is 33.9. The molecular weight excluding hydrogens is 404 g/mol. The molecule has 0 saturated carbocycles. The number of nitrogens with zero attached hydrogens (tertiary/aromatic N) is 2. The molecule has 0 radical (unpaired) electrons. The summed E-state index contributed by atoms with van der Waals surface area (Å²) >= 11 is 0. The lowest BCUT2D eigenvalue weighted by molar-refractivity contribution is -0.115. The van der Waals surface area contributed by atoms with E-state index >= 15 is 0 Å². The molecule has 1 aliphatic heterocycles. The number of rotatable bonds is 7. The summed E-state index contributed by atoms with van der Waals surface area (Å²) in [6.45, 7) is 3.76. The minimum atomic E-state index is -0.611. The van der Waals surface area contributed by atoms with Gasteiger partial charge in [-0.25, -0.2) is 4.79 Å². The molecule has 7 nitrogen and oxygen atoms in total. The zero-order chi connectivity index (χ0) is 22.5. The topological polar surface area (TPSA) is 92.7 Å². The van der Waals surface area contributed by atoms with Crippen LogP contribution in [-0.2, 0) is 16.1 Å². The van der Waals surface area contributed by atoms with Crippen LogP contribution in [0.4, 0.5) is 11.4 Å². The minimum absolute atomic E-state index is 0.193. The van der Waals surface area contributed by atoms with Gasteiger partial charge in [-0.15, -0.1) is 0 Å². The van der Waals surface area contributed by atoms with Crippen LogP contribution in [0.25, 0.3) is 0 Å². The molecule has 4 rings (SSSR count). The molecule has 1 aromatic heterocycles. The predicted octanol–water partition coefficient (Wildman–Crippen LogP) is 3.83. The molecule has 2 heterocycles. The van der Waals surface area contributed by atoms with E-state index in [1.165, 1.54) is 7.11 Å². The number of hydrogen-bond donors (Lipinski definition) is 2. The number of pyridine rings is 1. The normalized spacial score (nSPS) is 15.2. The van der Waals surface area contributed by atoms with Gasteiger partial charge in [0.25, 0.3) is 0 Å². The highest BCUT2D eigenvalue weighted by atomic mass is 16.5. The monoisotopic (exact) mass is 428 g/mol. The van der Waals surface area contributed by atoms with Crippen molar-refractivity contribution in [2.45, 2.75) is 19.4 Å². The molecule has 0 saturated heterocycles. The number of ether oxygens (including phenoxy) is 1. The van der Waals surface area contributed by atoms with Crippen molar-refractivity contribution in [2.75, 3.05) is 19.0 Å². The Balaban J connectivity index is 1.75. The Kier molecular flexibility index (Phi) is 6.37. The van der Waals surface area contributed by atoms with Gasteiger partial charge in [0.1, 0.15) is 5.92 Å². The van der Waals surface area contributed by atoms with E-state index in [1.54, 1.807) is 30.6 Å². The van der Waals surface area contributed by atoms with E-state index in [9.17, 15) is 9.59 Å². The van der Waals surface area contributed by atoms with Crippen LogP contribution in [0.5, 0.6) is 0 Å². The first-order valence-corrected chi connectivity index (χ1v) is 10.4. The molecule has 7 heteroatoms. The van der Waals surface area contributed by atoms with Crippen molar-refractivity contribution in [3.63, 3.8) is 0 Å². The summed E-state index contributed by atoms with van der Waals surface area (Å²) in [7, 11) is 1.33. The maximum atomic E-state index is 13.0. The molecular formula is C25H24N4O3. The summed E-state index contributed by atoms with van der Waals surface area (Å²) in [6.07, 6.45) is 3.36. The molecule has 1 unspecified atom stereocenters. The third-order valence-electron chi connectivity index (χ3n) is 5.32. The second-order valence-electron chi connectivity index (χ2n) is 7.40. The SMILES string of the molecule is CCNCc1ccc(N=C(c2ccncc2)C2C(=O)Nc3cc(C(=O)OC)ccc32)cc1. The van der Waals surface area contributed by atoms with Crippen LogP contribution in [0.1, 0.15) is 39.9 Å². The largest absolute Gasteiger partial charge is 0.465 e. The third kappa shape index (κ3) is 4.43. The molecule has 2 N–H and O–H groups in total. The van der Waals surface area contributed by atoms with Gasteiger partial charge in [-0.2, -0.15) is 0 Å². The lowest BCUT2D eigenvalue weighted by atomic mass is 9.90. The lowest BCUT2D eigenvalue weighted by Crippen LogP contribution is -2.22. The average molecular weight is 428 g/mol. The predicted molar refractivity (Wildman–Crippen MR) is 123 cm³/mol. The Morgan fingerprint density at radius 2 is 1.84 bits per heavy atom. The van der Waals surface area contributed by atoms with E-state index in [4.69, 9.17) is 9.73 Å². The number of methoxy groups -OCH3 is 1. The standard InChI is InChI=1S/C25H24N4O3/c1-3-26-15-16-4-7-19(8-5-16)28-23(17-10-12-27-13-11-17)22-20-9-6-18(25(31)32-2)14-21(20)29-24(22)30/h4-14,22,26H,3,15H2,1-2H3,(H,29,30). The number of carbonyl (C=O) groups is 2. The van der Waals surface area contributed by atoms with Crippen LogP contribution < -0.4 is 10.6 Å². The van der Waals surface area contributed by atoms with Gasteiger partial charge in [-0.3, -0.25) is 14.8 Å². The minimum Gasteiger partial charge on any atom is -0.465 e. The van der Waals surface area contributed by atoms with Crippen LogP contribution in [0.2, 0.25) is 0 Å². The van der Waals surface area contributed by atoms with Gasteiger partial charge in [-0.1, -0.05) is 25.1 Å². The third-order valence-corrected chi connectivity index (χ3v) is 5.32. The fourth-order valence-corrected chi connectivity index (χ4v) is 3.69. The Morgan fingerprint density at radius 1 is 1.09 bits per heavy atom. The molecule has 2 aromatic carbocycles. The molecule has 1 aliphatic rings. The molecule has 32 heavy (non-hydrogen) atoms. The summed E-state index contributed by atoms with van der Waals surface area (Å²) in [5.41, 5.74) is 5.08. The zero-order valence-electron chi connectivity index (χ0n) is 18.0. The van der Waals surface area contributed by atoms with Gasteiger partial charge >= 0.3 is 5.97 Å². The molecule has 0 fully saturated rings. The molecule has 1 atom stereocenters. The maximum absolute atomic E-state index is 13.0. The van der Waals surface area contributed by atoms with Crippen molar-refractivity contribution in [1.82, 2.24) is 10.3 Å². The molecule has 1 amide bonds. The van der Waals surface area contributed by atoms with Crippen molar-refractivity contribution in [3.05, 3.63) is 89.2 Å². The Labute approximate surface area is 186 Å². The van der Waals surface area contributed by atoms with Crippen LogP contribution in [0.15, 0.2) is 72.0 Å². The second-order valence-corrected chi connectivity index (χ2v) is 7.40. The first-order valence-electron chi connectivity index (χ1n) is 10.4. The quantitative estimate of drug-likeness (QED) is 0.441.